The Morgan fingerprint density at radius 1 is 1.20 bits per heavy atom. The van der Waals surface area contributed by atoms with Gasteiger partial charge in [-0.15, -0.1) is 11.6 Å². The summed E-state index contributed by atoms with van der Waals surface area (Å²) in [4.78, 5) is 22.1. The molecule has 6 nitrogen and oxygen atoms in total. The summed E-state index contributed by atoms with van der Waals surface area (Å²) in [6, 6.07) is 0. The number of hydrogen-bond donors (Lipinski definition) is 2. The highest BCUT2D eigenvalue weighted by Gasteiger charge is 2.14. The van der Waals surface area contributed by atoms with Crippen LogP contribution in [0.1, 0.15) is 0 Å². The van der Waals surface area contributed by atoms with Gasteiger partial charge in [0.1, 0.15) is 0 Å². The number of halogens is 1. The molecule has 0 aliphatic heterocycles. The van der Waals surface area contributed by atoms with Crippen LogP contribution in [-0.4, -0.2) is 51.3 Å². The van der Waals surface area contributed by atoms with E-state index >= 15 is 0 Å². The summed E-state index contributed by atoms with van der Waals surface area (Å²) in [6.45, 7) is 0.367. The van der Waals surface area contributed by atoms with Gasteiger partial charge >= 0.3 is 11.8 Å². The lowest BCUT2D eigenvalue weighted by atomic mass is 10.5. The molecule has 0 heterocycles. The van der Waals surface area contributed by atoms with Crippen LogP contribution in [0.15, 0.2) is 0 Å². The van der Waals surface area contributed by atoms with Crippen molar-refractivity contribution in [1.29, 1.82) is 0 Å². The molecule has 88 valence electrons. The summed E-state index contributed by atoms with van der Waals surface area (Å²) in [5.41, 5.74) is 0. The predicted molar refractivity (Wildman–Crippen MR) is 54.5 cm³/mol. The molecule has 0 rings (SSSR count). The first kappa shape index (κ1) is 14.2. The molecule has 2 N–H and O–H groups in total. The topological polar surface area (TPSA) is 76.7 Å². The Labute approximate surface area is 93.2 Å². The molecule has 0 aromatic carbocycles. The summed E-state index contributed by atoms with van der Waals surface area (Å²) in [5, 5.41) is 4.68. The maximum Gasteiger partial charge on any atom is 0.309 e. The average Bonchev–Trinajstić information content (AvgIpc) is 2.26. The van der Waals surface area contributed by atoms with Gasteiger partial charge in [0.05, 0.1) is 6.54 Å². The van der Waals surface area contributed by atoms with Crippen LogP contribution in [0, 0.1) is 0 Å². The van der Waals surface area contributed by atoms with Crippen LogP contribution in [0.2, 0.25) is 0 Å². The van der Waals surface area contributed by atoms with Crippen molar-refractivity contribution in [1.82, 2.24) is 10.6 Å². The van der Waals surface area contributed by atoms with Crippen LogP contribution in [0.4, 0.5) is 0 Å². The molecule has 0 aromatic heterocycles. The van der Waals surface area contributed by atoms with Crippen LogP contribution in [0.25, 0.3) is 0 Å². The maximum atomic E-state index is 11.1. The first-order chi connectivity index (χ1) is 7.15. The minimum atomic E-state index is -0.737. The smallest absolute Gasteiger partial charge is 0.309 e. The quantitative estimate of drug-likeness (QED) is 0.356. The van der Waals surface area contributed by atoms with Gasteiger partial charge in [-0.05, 0) is 0 Å². The van der Waals surface area contributed by atoms with E-state index in [0.717, 1.165) is 0 Å². The highest BCUT2D eigenvalue weighted by Crippen LogP contribution is 1.87. The summed E-state index contributed by atoms with van der Waals surface area (Å²) in [7, 11) is 2.88. The number of alkyl halides is 1. The van der Waals surface area contributed by atoms with Gasteiger partial charge in [0.25, 0.3) is 0 Å². The molecule has 0 unspecified atom stereocenters. The molecule has 0 saturated heterocycles. The van der Waals surface area contributed by atoms with E-state index in [-0.39, 0.29) is 19.0 Å². The van der Waals surface area contributed by atoms with E-state index in [4.69, 9.17) is 21.1 Å². The third-order valence-electron chi connectivity index (χ3n) is 1.54. The fourth-order valence-electron chi connectivity index (χ4n) is 0.760. The van der Waals surface area contributed by atoms with Crippen LogP contribution in [0.5, 0.6) is 0 Å². The zero-order valence-corrected chi connectivity index (χ0v) is 9.47. The zero-order valence-electron chi connectivity index (χ0n) is 8.71. The van der Waals surface area contributed by atoms with E-state index in [1.54, 1.807) is 0 Å². The van der Waals surface area contributed by atoms with E-state index in [0.29, 0.717) is 0 Å². The van der Waals surface area contributed by atoms with Crippen molar-refractivity contribution in [3.63, 3.8) is 0 Å². The van der Waals surface area contributed by atoms with Crippen molar-refractivity contribution in [2.75, 3.05) is 33.2 Å². The van der Waals surface area contributed by atoms with Crippen molar-refractivity contribution in [3.8, 4) is 0 Å². The molecule has 0 atom stereocenters. The summed E-state index contributed by atoms with van der Waals surface area (Å²) < 4.78 is 9.64. The number of methoxy groups -OCH3 is 2. The molecule has 15 heavy (non-hydrogen) atoms. The second-order valence-corrected chi connectivity index (χ2v) is 2.93. The van der Waals surface area contributed by atoms with E-state index in [9.17, 15) is 9.59 Å². The molecule has 0 saturated carbocycles. The van der Waals surface area contributed by atoms with E-state index < -0.39 is 18.1 Å². The summed E-state index contributed by atoms with van der Waals surface area (Å²) >= 11 is 5.34. The van der Waals surface area contributed by atoms with Crippen molar-refractivity contribution in [3.05, 3.63) is 0 Å². The fourth-order valence-corrected chi connectivity index (χ4v) is 0.855. The van der Waals surface area contributed by atoms with Crippen LogP contribution >= 0.6 is 11.6 Å². The molecule has 0 aliphatic rings. The second-order valence-electron chi connectivity index (χ2n) is 2.56. The molecule has 0 aliphatic carbocycles. The summed E-state index contributed by atoms with van der Waals surface area (Å²) in [6.07, 6.45) is -0.560. The Hall–Kier alpha value is -0.850. The normalized spacial score (nSPS) is 10.1. The molecule has 0 radical (unpaired) electrons. The number of rotatable bonds is 6. The molecule has 0 spiro atoms. The van der Waals surface area contributed by atoms with E-state index in [1.807, 2.05) is 0 Å². The largest absolute Gasteiger partial charge is 0.354 e. The number of carbonyl (C=O) groups is 2. The Morgan fingerprint density at radius 2 is 1.73 bits per heavy atom. The number of amides is 2. The van der Waals surface area contributed by atoms with Gasteiger partial charge in [0, 0.05) is 26.6 Å². The third-order valence-corrected chi connectivity index (χ3v) is 1.73. The average molecular weight is 239 g/mol. The van der Waals surface area contributed by atoms with Crippen molar-refractivity contribution < 1.29 is 19.1 Å². The van der Waals surface area contributed by atoms with Crippen LogP contribution in [-0.2, 0) is 19.1 Å². The third kappa shape index (κ3) is 6.27. The second kappa shape index (κ2) is 8.46. The maximum absolute atomic E-state index is 11.1. The van der Waals surface area contributed by atoms with Crippen LogP contribution in [0.3, 0.4) is 0 Å². The highest BCUT2D eigenvalue weighted by molar-refractivity contribution is 6.35. The minimum absolute atomic E-state index is 0.111. The fraction of sp³-hybridized carbons (Fsp3) is 0.750. The SMILES string of the molecule is COC(CNC(=O)C(=O)NCCCl)OC. The molecule has 0 aromatic rings. The van der Waals surface area contributed by atoms with E-state index in [1.165, 1.54) is 14.2 Å². The lowest BCUT2D eigenvalue weighted by Crippen LogP contribution is -2.43. The summed E-state index contributed by atoms with van der Waals surface area (Å²) in [5.74, 6) is -1.20. The first-order valence-electron chi connectivity index (χ1n) is 4.33. The monoisotopic (exact) mass is 238 g/mol. The lowest BCUT2D eigenvalue weighted by Gasteiger charge is -2.13. The van der Waals surface area contributed by atoms with Gasteiger partial charge in [-0.1, -0.05) is 0 Å². The number of hydrogen-bond acceptors (Lipinski definition) is 4. The van der Waals surface area contributed by atoms with Gasteiger partial charge in [-0.25, -0.2) is 0 Å². The molecule has 0 bridgehead atoms. The highest BCUT2D eigenvalue weighted by atomic mass is 35.5. The number of ether oxygens (including phenoxy) is 2. The number of nitrogens with one attached hydrogen (secondary N) is 2. The lowest BCUT2D eigenvalue weighted by molar-refractivity contribution is -0.141. The Morgan fingerprint density at radius 3 is 2.20 bits per heavy atom. The number of carbonyl (C=O) groups excluding carboxylic acids is 2. The minimum Gasteiger partial charge on any atom is -0.354 e. The van der Waals surface area contributed by atoms with E-state index in [2.05, 4.69) is 10.6 Å². The Balaban J connectivity index is 3.77. The first-order valence-corrected chi connectivity index (χ1v) is 4.86. The molecule has 0 fully saturated rings. The van der Waals surface area contributed by atoms with Gasteiger partial charge in [0.2, 0.25) is 0 Å². The Bertz CT molecular complexity index is 209. The molecular formula is C8H15ClN2O4. The molecule has 2 amide bonds. The van der Waals surface area contributed by atoms with Crippen molar-refractivity contribution in [2.45, 2.75) is 6.29 Å². The standard InChI is InChI=1S/C8H15ClN2O4/c1-14-6(15-2)5-11-8(13)7(12)10-4-3-9/h6H,3-5H2,1-2H3,(H,10,12)(H,11,13). The molecular weight excluding hydrogens is 224 g/mol. The van der Waals surface area contributed by atoms with Gasteiger partial charge in [-0.2, -0.15) is 0 Å². The zero-order chi connectivity index (χ0) is 11.7. The molecule has 7 heteroatoms. The predicted octanol–water partition coefficient (Wildman–Crippen LogP) is -0.923. The van der Waals surface area contributed by atoms with Gasteiger partial charge in [-0.3, -0.25) is 9.59 Å². The van der Waals surface area contributed by atoms with Gasteiger partial charge in [0.15, 0.2) is 6.29 Å². The van der Waals surface area contributed by atoms with Crippen molar-refractivity contribution in [2.24, 2.45) is 0 Å². The Kier molecular flexibility index (Phi) is 7.98. The van der Waals surface area contributed by atoms with Crippen LogP contribution < -0.4 is 10.6 Å². The van der Waals surface area contributed by atoms with Gasteiger partial charge < -0.3 is 20.1 Å². The van der Waals surface area contributed by atoms with Crippen molar-refractivity contribution >= 4 is 23.4 Å².